The summed E-state index contributed by atoms with van der Waals surface area (Å²) in [5.41, 5.74) is 1.39. The lowest BCUT2D eigenvalue weighted by atomic mass is 10.2. The predicted molar refractivity (Wildman–Crippen MR) is 62.2 cm³/mol. The van der Waals surface area contributed by atoms with Crippen molar-refractivity contribution in [1.82, 2.24) is 4.90 Å². The van der Waals surface area contributed by atoms with E-state index in [1.165, 1.54) is 5.56 Å². The van der Waals surface area contributed by atoms with Crippen LogP contribution in [-0.4, -0.2) is 18.0 Å². The summed E-state index contributed by atoms with van der Waals surface area (Å²) >= 11 is 0. The van der Waals surface area contributed by atoms with E-state index >= 15 is 0 Å². The molecule has 14 heavy (non-hydrogen) atoms. The van der Waals surface area contributed by atoms with Crippen LogP contribution in [0.5, 0.6) is 0 Å². The van der Waals surface area contributed by atoms with Gasteiger partial charge in [0, 0.05) is 13.1 Å². The van der Waals surface area contributed by atoms with E-state index in [1.807, 2.05) is 6.08 Å². The molecule has 1 aromatic rings. The summed E-state index contributed by atoms with van der Waals surface area (Å²) in [5.74, 6) is 0. The van der Waals surface area contributed by atoms with Crippen LogP contribution in [0.15, 0.2) is 43.0 Å². The number of nitrogens with zero attached hydrogens (tertiary/aromatic N) is 1. The van der Waals surface area contributed by atoms with E-state index < -0.39 is 0 Å². The smallest absolute Gasteiger partial charge is 0.0233 e. The van der Waals surface area contributed by atoms with Crippen LogP contribution < -0.4 is 0 Å². The van der Waals surface area contributed by atoms with Crippen molar-refractivity contribution in [3.05, 3.63) is 48.6 Å². The van der Waals surface area contributed by atoms with Gasteiger partial charge < -0.3 is 0 Å². The minimum Gasteiger partial charge on any atom is -0.299 e. The molecule has 76 valence electrons. The van der Waals surface area contributed by atoms with Gasteiger partial charge in [-0.2, -0.15) is 0 Å². The molecule has 0 saturated carbocycles. The fraction of sp³-hybridized carbons (Fsp3) is 0.385. The van der Waals surface area contributed by atoms with Crippen molar-refractivity contribution in [3.8, 4) is 0 Å². The topological polar surface area (TPSA) is 3.24 Å². The number of benzene rings is 1. The van der Waals surface area contributed by atoms with Crippen LogP contribution in [0.2, 0.25) is 0 Å². The van der Waals surface area contributed by atoms with Gasteiger partial charge in [0.05, 0.1) is 0 Å². The van der Waals surface area contributed by atoms with E-state index in [-0.39, 0.29) is 0 Å². The summed E-state index contributed by atoms with van der Waals surface area (Å²) in [7, 11) is 0. The maximum atomic E-state index is 3.75. The molecule has 0 fully saturated rings. The van der Waals surface area contributed by atoms with E-state index in [0.29, 0.717) is 0 Å². The second-order valence-corrected chi connectivity index (χ2v) is 3.43. The van der Waals surface area contributed by atoms with Gasteiger partial charge in [0.25, 0.3) is 0 Å². The van der Waals surface area contributed by atoms with E-state index in [9.17, 15) is 0 Å². The summed E-state index contributed by atoms with van der Waals surface area (Å²) < 4.78 is 0. The largest absolute Gasteiger partial charge is 0.299 e. The van der Waals surface area contributed by atoms with Crippen molar-refractivity contribution in [1.29, 1.82) is 0 Å². The summed E-state index contributed by atoms with van der Waals surface area (Å²) in [6.45, 7) is 9.20. The molecule has 0 aliphatic carbocycles. The molecule has 1 aromatic carbocycles. The Hall–Kier alpha value is -1.08. The first-order valence-corrected chi connectivity index (χ1v) is 5.24. The quantitative estimate of drug-likeness (QED) is 0.622. The minimum atomic E-state index is 1.05. The van der Waals surface area contributed by atoms with Crippen molar-refractivity contribution in [3.63, 3.8) is 0 Å². The monoisotopic (exact) mass is 189 g/mol. The molecule has 0 radical (unpaired) electrons. The highest BCUT2D eigenvalue weighted by molar-refractivity contribution is 5.14. The summed E-state index contributed by atoms with van der Waals surface area (Å²) in [6, 6.07) is 10.6. The number of hydrogen-bond donors (Lipinski definition) is 0. The van der Waals surface area contributed by atoms with E-state index in [4.69, 9.17) is 0 Å². The summed E-state index contributed by atoms with van der Waals surface area (Å²) in [6.07, 6.45) is 3.05. The van der Waals surface area contributed by atoms with E-state index in [2.05, 4.69) is 48.7 Å². The van der Waals surface area contributed by atoms with Gasteiger partial charge in [-0.05, 0) is 18.5 Å². The van der Waals surface area contributed by atoms with Gasteiger partial charge in [-0.15, -0.1) is 6.58 Å². The summed E-state index contributed by atoms with van der Waals surface area (Å²) in [5, 5.41) is 0. The molecule has 0 aliphatic rings. The van der Waals surface area contributed by atoms with Crippen molar-refractivity contribution >= 4 is 0 Å². The lowest BCUT2D eigenvalue weighted by molar-refractivity contribution is 0.285. The maximum absolute atomic E-state index is 3.75. The molecule has 0 aromatic heterocycles. The number of hydrogen-bond acceptors (Lipinski definition) is 1. The van der Waals surface area contributed by atoms with Crippen LogP contribution in [0.25, 0.3) is 0 Å². The zero-order chi connectivity index (χ0) is 10.2. The second-order valence-electron chi connectivity index (χ2n) is 3.43. The van der Waals surface area contributed by atoms with Crippen LogP contribution in [0.1, 0.15) is 18.9 Å². The Morgan fingerprint density at radius 2 is 2.00 bits per heavy atom. The fourth-order valence-corrected chi connectivity index (χ4v) is 1.46. The highest BCUT2D eigenvalue weighted by Gasteiger charge is 2.01. The van der Waals surface area contributed by atoms with Crippen LogP contribution in [0.4, 0.5) is 0 Å². The zero-order valence-corrected chi connectivity index (χ0v) is 8.95. The molecule has 1 heteroatoms. The lowest BCUT2D eigenvalue weighted by Crippen LogP contribution is -2.23. The average Bonchev–Trinajstić information content (AvgIpc) is 2.25. The van der Waals surface area contributed by atoms with Crippen LogP contribution in [-0.2, 0) is 6.54 Å². The Morgan fingerprint density at radius 1 is 1.29 bits per heavy atom. The first kappa shape index (κ1) is 11.0. The van der Waals surface area contributed by atoms with Gasteiger partial charge >= 0.3 is 0 Å². The first-order chi connectivity index (χ1) is 6.86. The molecule has 0 saturated heterocycles. The highest BCUT2D eigenvalue weighted by Crippen LogP contribution is 2.04. The Kier molecular flexibility index (Phi) is 5.02. The zero-order valence-electron chi connectivity index (χ0n) is 8.95. The predicted octanol–water partition coefficient (Wildman–Crippen LogP) is 3.08. The Labute approximate surface area is 87.1 Å². The van der Waals surface area contributed by atoms with Gasteiger partial charge in [0.1, 0.15) is 0 Å². The highest BCUT2D eigenvalue weighted by atomic mass is 15.1. The lowest BCUT2D eigenvalue weighted by Gasteiger charge is -2.19. The van der Waals surface area contributed by atoms with Crippen LogP contribution in [0, 0.1) is 0 Å². The van der Waals surface area contributed by atoms with Gasteiger partial charge in [-0.1, -0.05) is 43.3 Å². The minimum absolute atomic E-state index is 1.05. The molecule has 0 aliphatic heterocycles. The van der Waals surface area contributed by atoms with Gasteiger partial charge in [0.15, 0.2) is 0 Å². The standard InChI is InChI=1S/C13H19N/c1-3-5-11-14(4-2)12-13-9-7-6-8-10-13/h3,6-10H,1,4-5,11-12H2,2H3. The molecule has 0 spiro atoms. The Morgan fingerprint density at radius 3 is 2.57 bits per heavy atom. The third kappa shape index (κ3) is 3.75. The summed E-state index contributed by atoms with van der Waals surface area (Å²) in [4.78, 5) is 2.43. The van der Waals surface area contributed by atoms with Gasteiger partial charge in [0.2, 0.25) is 0 Å². The molecule has 0 N–H and O–H groups in total. The molecule has 0 amide bonds. The van der Waals surface area contributed by atoms with E-state index in [1.54, 1.807) is 0 Å². The first-order valence-electron chi connectivity index (χ1n) is 5.24. The van der Waals surface area contributed by atoms with Crippen molar-refractivity contribution in [2.75, 3.05) is 13.1 Å². The van der Waals surface area contributed by atoms with Gasteiger partial charge in [-0.25, -0.2) is 0 Å². The van der Waals surface area contributed by atoms with E-state index in [0.717, 1.165) is 26.1 Å². The molecule has 1 nitrogen and oxygen atoms in total. The molecular formula is C13H19N. The second kappa shape index (κ2) is 6.39. The molecule has 0 heterocycles. The van der Waals surface area contributed by atoms with Crippen molar-refractivity contribution < 1.29 is 0 Å². The third-order valence-corrected chi connectivity index (χ3v) is 2.35. The molecule has 1 rings (SSSR count). The third-order valence-electron chi connectivity index (χ3n) is 2.35. The fourth-order valence-electron chi connectivity index (χ4n) is 1.46. The molecule has 0 bridgehead atoms. The van der Waals surface area contributed by atoms with Crippen LogP contribution in [0.3, 0.4) is 0 Å². The van der Waals surface area contributed by atoms with Crippen molar-refractivity contribution in [2.45, 2.75) is 19.9 Å². The Balaban J connectivity index is 2.44. The Bertz CT molecular complexity index is 253. The van der Waals surface area contributed by atoms with Crippen LogP contribution >= 0.6 is 0 Å². The average molecular weight is 189 g/mol. The van der Waals surface area contributed by atoms with Gasteiger partial charge in [-0.3, -0.25) is 4.90 Å². The maximum Gasteiger partial charge on any atom is 0.0233 e. The molecule has 0 atom stereocenters. The normalized spacial score (nSPS) is 10.4. The van der Waals surface area contributed by atoms with Crippen molar-refractivity contribution in [2.24, 2.45) is 0 Å². The number of rotatable bonds is 6. The molecular weight excluding hydrogens is 170 g/mol. The molecule has 0 unspecified atom stereocenters. The SMILES string of the molecule is C=CCCN(CC)Cc1ccccc1.